The van der Waals surface area contributed by atoms with E-state index in [1.165, 1.54) is 12.1 Å². The van der Waals surface area contributed by atoms with E-state index in [1.54, 1.807) is 20.8 Å². The zero-order valence-electron chi connectivity index (χ0n) is 13.8. The Hall–Kier alpha value is -1.81. The Kier molecular flexibility index (Phi) is 5.06. The summed E-state index contributed by atoms with van der Waals surface area (Å²) in [4.78, 5) is 12.2. The van der Waals surface area contributed by atoms with Crippen molar-refractivity contribution >= 4 is 16.4 Å². The Balaban J connectivity index is 2.19. The molecule has 0 spiro atoms. The highest BCUT2D eigenvalue weighted by Gasteiger charge is 2.44. The summed E-state index contributed by atoms with van der Waals surface area (Å²) in [6.07, 6.45) is -5.53. The molecule has 0 aliphatic carbocycles. The molecular formula is C15H18F3NO5S. The molecule has 0 radical (unpaired) electrons. The van der Waals surface area contributed by atoms with E-state index in [0.29, 0.717) is 9.87 Å². The number of hydrogen-bond acceptors (Lipinski definition) is 5. The third-order valence-corrected chi connectivity index (χ3v) is 4.67. The summed E-state index contributed by atoms with van der Waals surface area (Å²) < 4.78 is 71.8. The Morgan fingerprint density at radius 1 is 1.24 bits per heavy atom. The topological polar surface area (TPSA) is 72.9 Å². The minimum Gasteiger partial charge on any atom is -0.443 e. The Morgan fingerprint density at radius 2 is 1.80 bits per heavy atom. The highest BCUT2D eigenvalue weighted by atomic mass is 32.2. The summed E-state index contributed by atoms with van der Waals surface area (Å²) in [6.45, 7) is 4.46. The van der Waals surface area contributed by atoms with Crippen LogP contribution in [0.3, 0.4) is 0 Å². The standard InChI is InChI=1S/C15H18F3NO5S/c1-14(2,3)24-13(20)19-12(9-23-25(19,21)22)8-10-4-6-11(7-5-10)15(16,17)18/h4-7,12H,8-9H2,1-3H3/t12-/m1/s1. The lowest BCUT2D eigenvalue weighted by Crippen LogP contribution is -2.43. The van der Waals surface area contributed by atoms with Crippen LogP contribution >= 0.6 is 0 Å². The van der Waals surface area contributed by atoms with Crippen molar-refractivity contribution in [2.45, 2.75) is 45.0 Å². The largest absolute Gasteiger partial charge is 0.443 e. The molecule has 6 nitrogen and oxygen atoms in total. The number of amides is 1. The smallest absolute Gasteiger partial charge is 0.426 e. The molecule has 0 aromatic heterocycles. The number of hydrogen-bond donors (Lipinski definition) is 0. The fourth-order valence-electron chi connectivity index (χ4n) is 2.26. The van der Waals surface area contributed by atoms with Gasteiger partial charge in [0.2, 0.25) is 0 Å². The summed E-state index contributed by atoms with van der Waals surface area (Å²) in [7, 11) is -4.28. The summed E-state index contributed by atoms with van der Waals surface area (Å²) in [6, 6.07) is 3.38. The Morgan fingerprint density at radius 3 is 2.28 bits per heavy atom. The predicted molar refractivity (Wildman–Crippen MR) is 81.9 cm³/mol. The van der Waals surface area contributed by atoms with E-state index in [-0.39, 0.29) is 13.0 Å². The van der Waals surface area contributed by atoms with Crippen LogP contribution in [0, 0.1) is 0 Å². The van der Waals surface area contributed by atoms with Crippen LogP contribution in [0.1, 0.15) is 31.9 Å². The van der Waals surface area contributed by atoms with E-state index in [0.717, 1.165) is 12.1 Å². The van der Waals surface area contributed by atoms with Gasteiger partial charge in [0.1, 0.15) is 5.60 Å². The van der Waals surface area contributed by atoms with Crippen molar-refractivity contribution < 1.29 is 35.3 Å². The second kappa shape index (κ2) is 6.49. The first-order chi connectivity index (χ1) is 11.3. The zero-order chi connectivity index (χ0) is 19.0. The third-order valence-electron chi connectivity index (χ3n) is 3.31. The molecule has 1 atom stereocenters. The number of benzene rings is 1. The van der Waals surface area contributed by atoms with Gasteiger partial charge in [-0.25, -0.2) is 4.79 Å². The molecule has 0 unspecified atom stereocenters. The number of rotatable bonds is 2. The highest BCUT2D eigenvalue weighted by Crippen LogP contribution is 2.30. The molecule has 0 N–H and O–H groups in total. The molecule has 10 heteroatoms. The van der Waals surface area contributed by atoms with Crippen LogP contribution in [0.5, 0.6) is 0 Å². The van der Waals surface area contributed by atoms with Gasteiger partial charge in [-0.05, 0) is 44.9 Å². The average molecular weight is 381 g/mol. The van der Waals surface area contributed by atoms with E-state index >= 15 is 0 Å². The molecule has 1 amide bonds. The van der Waals surface area contributed by atoms with E-state index in [4.69, 9.17) is 4.74 Å². The van der Waals surface area contributed by atoms with E-state index in [9.17, 15) is 26.4 Å². The van der Waals surface area contributed by atoms with Gasteiger partial charge in [-0.2, -0.15) is 25.9 Å². The number of alkyl halides is 3. The highest BCUT2D eigenvalue weighted by molar-refractivity contribution is 7.85. The van der Waals surface area contributed by atoms with Crippen molar-refractivity contribution in [2.24, 2.45) is 0 Å². The molecule has 1 aromatic carbocycles. The maximum Gasteiger partial charge on any atom is 0.426 e. The maximum atomic E-state index is 12.6. The van der Waals surface area contributed by atoms with Gasteiger partial charge in [-0.1, -0.05) is 12.1 Å². The summed E-state index contributed by atoms with van der Waals surface area (Å²) in [5.41, 5.74) is -1.28. The van der Waals surface area contributed by atoms with Gasteiger partial charge in [0.05, 0.1) is 18.2 Å². The fraction of sp³-hybridized carbons (Fsp3) is 0.533. The van der Waals surface area contributed by atoms with Crippen molar-refractivity contribution in [1.82, 2.24) is 4.31 Å². The quantitative estimate of drug-likeness (QED) is 0.787. The second-order valence-corrected chi connectivity index (χ2v) is 8.06. The van der Waals surface area contributed by atoms with Crippen LogP contribution < -0.4 is 0 Å². The van der Waals surface area contributed by atoms with Crippen molar-refractivity contribution in [3.05, 3.63) is 35.4 Å². The maximum absolute atomic E-state index is 12.6. The average Bonchev–Trinajstić information content (AvgIpc) is 2.71. The first-order valence-electron chi connectivity index (χ1n) is 7.37. The summed E-state index contributed by atoms with van der Waals surface area (Å²) in [5, 5.41) is 0. The van der Waals surface area contributed by atoms with Gasteiger partial charge in [-0.15, -0.1) is 0 Å². The molecule has 1 aliphatic rings. The number of ether oxygens (including phenoxy) is 1. The second-order valence-electron chi connectivity index (χ2n) is 6.57. The minimum atomic E-state index is -4.46. The number of carbonyl (C=O) groups is 1. The molecule has 2 rings (SSSR count). The molecule has 25 heavy (non-hydrogen) atoms. The van der Waals surface area contributed by atoms with Crippen molar-refractivity contribution in [2.75, 3.05) is 6.61 Å². The van der Waals surface area contributed by atoms with Crippen LogP contribution in [0.2, 0.25) is 0 Å². The van der Waals surface area contributed by atoms with Gasteiger partial charge in [0, 0.05) is 0 Å². The summed E-state index contributed by atoms with van der Waals surface area (Å²) in [5.74, 6) is 0. The molecule has 1 aliphatic heterocycles. The SMILES string of the molecule is CC(C)(C)OC(=O)N1[C@H](Cc2ccc(C(F)(F)F)cc2)COS1(=O)=O. The molecule has 1 fully saturated rings. The molecule has 0 saturated carbocycles. The molecule has 1 heterocycles. The lowest BCUT2D eigenvalue weighted by atomic mass is 10.0. The monoisotopic (exact) mass is 381 g/mol. The first-order valence-corrected chi connectivity index (χ1v) is 8.74. The Labute approximate surface area is 143 Å². The zero-order valence-corrected chi connectivity index (χ0v) is 14.6. The minimum absolute atomic E-state index is 0.0105. The summed E-state index contributed by atoms with van der Waals surface area (Å²) >= 11 is 0. The van der Waals surface area contributed by atoms with Crippen LogP contribution in [0.25, 0.3) is 0 Å². The molecular weight excluding hydrogens is 363 g/mol. The van der Waals surface area contributed by atoms with Gasteiger partial charge in [0.25, 0.3) is 0 Å². The molecule has 0 bridgehead atoms. The molecule has 1 saturated heterocycles. The van der Waals surface area contributed by atoms with E-state index < -0.39 is 39.8 Å². The normalized spacial score (nSPS) is 20.6. The lowest BCUT2D eigenvalue weighted by Gasteiger charge is -2.26. The van der Waals surface area contributed by atoms with Crippen LogP contribution in [0.4, 0.5) is 18.0 Å². The van der Waals surface area contributed by atoms with Crippen LogP contribution in [-0.4, -0.2) is 37.1 Å². The van der Waals surface area contributed by atoms with Gasteiger partial charge >= 0.3 is 22.6 Å². The van der Waals surface area contributed by atoms with Gasteiger partial charge in [0.15, 0.2) is 0 Å². The van der Waals surface area contributed by atoms with Crippen molar-refractivity contribution in [1.29, 1.82) is 0 Å². The van der Waals surface area contributed by atoms with Crippen LogP contribution in [0.15, 0.2) is 24.3 Å². The number of halogens is 3. The van der Waals surface area contributed by atoms with E-state index in [1.807, 2.05) is 0 Å². The van der Waals surface area contributed by atoms with Crippen molar-refractivity contribution in [3.63, 3.8) is 0 Å². The van der Waals surface area contributed by atoms with E-state index in [2.05, 4.69) is 4.18 Å². The molecule has 1 aromatic rings. The van der Waals surface area contributed by atoms with Crippen molar-refractivity contribution in [3.8, 4) is 0 Å². The van der Waals surface area contributed by atoms with Gasteiger partial charge < -0.3 is 4.74 Å². The van der Waals surface area contributed by atoms with Crippen LogP contribution in [-0.2, 0) is 31.8 Å². The molecule has 140 valence electrons. The predicted octanol–water partition coefficient (Wildman–Crippen LogP) is 3.13. The fourth-order valence-corrected chi connectivity index (χ4v) is 3.43. The number of carbonyl (C=O) groups excluding carboxylic acids is 1. The lowest BCUT2D eigenvalue weighted by molar-refractivity contribution is -0.137. The number of nitrogens with zero attached hydrogens (tertiary/aromatic N) is 1. The Bertz CT molecular complexity index is 738. The van der Waals surface area contributed by atoms with Gasteiger partial charge in [-0.3, -0.25) is 4.18 Å². The third kappa shape index (κ3) is 4.85. The first kappa shape index (κ1) is 19.5.